The summed E-state index contributed by atoms with van der Waals surface area (Å²) in [7, 11) is 0. The van der Waals surface area contributed by atoms with Gasteiger partial charge in [-0.05, 0) is 122 Å². The lowest BCUT2D eigenvalue weighted by Crippen LogP contribution is -1.92. The van der Waals surface area contributed by atoms with Gasteiger partial charge in [0.05, 0.1) is 0 Å². The van der Waals surface area contributed by atoms with E-state index in [0.717, 1.165) is 21.9 Å². The van der Waals surface area contributed by atoms with Crippen LogP contribution < -0.4 is 0 Å². The number of hydrogen-bond donors (Lipinski definition) is 0. The minimum Gasteiger partial charge on any atom is -0.456 e. The Labute approximate surface area is 317 Å². The van der Waals surface area contributed by atoms with Gasteiger partial charge in [0.1, 0.15) is 11.2 Å². The molecule has 0 atom stereocenters. The van der Waals surface area contributed by atoms with Gasteiger partial charge in [-0.3, -0.25) is 0 Å². The number of furan rings is 1. The van der Waals surface area contributed by atoms with Gasteiger partial charge in [-0.2, -0.15) is 0 Å². The fourth-order valence-electron chi connectivity index (χ4n) is 9.39. The molecule has 0 fully saturated rings. The van der Waals surface area contributed by atoms with Crippen LogP contribution in [0.15, 0.2) is 199 Å². The van der Waals surface area contributed by atoms with Crippen LogP contribution in [0.1, 0.15) is 0 Å². The number of hydrogen-bond acceptors (Lipinski definition) is 1. The highest BCUT2D eigenvalue weighted by molar-refractivity contribution is 6.27. The molecule has 12 rings (SSSR count). The predicted molar refractivity (Wildman–Crippen MR) is 235 cm³/mol. The predicted octanol–water partition coefficient (Wildman–Crippen LogP) is 15.5. The van der Waals surface area contributed by atoms with Crippen molar-refractivity contribution in [3.63, 3.8) is 0 Å². The van der Waals surface area contributed by atoms with Gasteiger partial charge in [-0.25, -0.2) is 0 Å². The molecule has 0 aliphatic rings. The van der Waals surface area contributed by atoms with Gasteiger partial charge in [0, 0.05) is 10.8 Å². The molecule has 1 heterocycles. The molecule has 0 aliphatic heterocycles. The van der Waals surface area contributed by atoms with Crippen molar-refractivity contribution < 1.29 is 4.42 Å². The number of rotatable bonds is 3. The molecule has 0 saturated carbocycles. The molecule has 55 heavy (non-hydrogen) atoms. The lowest BCUT2D eigenvalue weighted by molar-refractivity contribution is 0.669. The van der Waals surface area contributed by atoms with Crippen molar-refractivity contribution in [3.8, 4) is 33.4 Å². The van der Waals surface area contributed by atoms with Gasteiger partial charge < -0.3 is 4.42 Å². The van der Waals surface area contributed by atoms with Crippen LogP contribution in [0.5, 0.6) is 0 Å². The molecule has 0 unspecified atom stereocenters. The number of fused-ring (bicyclic) bond motifs is 10. The van der Waals surface area contributed by atoms with Crippen molar-refractivity contribution in [2.24, 2.45) is 0 Å². The summed E-state index contributed by atoms with van der Waals surface area (Å²) in [5.74, 6) is 0. The quantitative estimate of drug-likeness (QED) is 0.132. The minimum atomic E-state index is 0.907. The monoisotopic (exact) mass is 696 g/mol. The van der Waals surface area contributed by atoms with Crippen molar-refractivity contribution >= 4 is 86.6 Å². The molecule has 1 aromatic heterocycles. The van der Waals surface area contributed by atoms with E-state index in [9.17, 15) is 0 Å². The summed E-state index contributed by atoms with van der Waals surface area (Å²) in [5, 5.41) is 17.3. The molecule has 0 bridgehead atoms. The van der Waals surface area contributed by atoms with Crippen molar-refractivity contribution in [2.75, 3.05) is 0 Å². The van der Waals surface area contributed by atoms with Gasteiger partial charge in [-0.1, -0.05) is 170 Å². The molecule has 0 spiro atoms. The molecule has 1 nitrogen and oxygen atoms in total. The summed E-state index contributed by atoms with van der Waals surface area (Å²) in [6.45, 7) is 0. The highest BCUT2D eigenvalue weighted by Crippen LogP contribution is 2.48. The van der Waals surface area contributed by atoms with E-state index in [-0.39, 0.29) is 0 Å². The lowest BCUT2D eigenvalue weighted by atomic mass is 9.84. The van der Waals surface area contributed by atoms with E-state index in [2.05, 4.69) is 194 Å². The van der Waals surface area contributed by atoms with Gasteiger partial charge in [0.25, 0.3) is 0 Å². The van der Waals surface area contributed by atoms with Crippen LogP contribution in [0.2, 0.25) is 0 Å². The first-order valence-electron chi connectivity index (χ1n) is 19.0. The fraction of sp³-hybridized carbons (Fsp3) is 0. The Morgan fingerprint density at radius 1 is 0.255 bits per heavy atom. The second kappa shape index (κ2) is 11.6. The van der Waals surface area contributed by atoms with Crippen LogP contribution in [-0.2, 0) is 0 Å². The molecule has 0 aliphatic carbocycles. The largest absolute Gasteiger partial charge is 0.456 e. The Hall–Kier alpha value is -7.22. The molecule has 254 valence electrons. The average molecular weight is 697 g/mol. The van der Waals surface area contributed by atoms with Crippen molar-refractivity contribution in [1.29, 1.82) is 0 Å². The Morgan fingerprint density at radius 3 is 1.47 bits per heavy atom. The van der Waals surface area contributed by atoms with E-state index >= 15 is 0 Å². The first-order chi connectivity index (χ1) is 27.3. The highest BCUT2D eigenvalue weighted by atomic mass is 16.3. The summed E-state index contributed by atoms with van der Waals surface area (Å²) in [4.78, 5) is 0. The van der Waals surface area contributed by atoms with Crippen molar-refractivity contribution in [1.82, 2.24) is 0 Å². The Balaban J connectivity index is 1.11. The number of benzene rings is 11. The van der Waals surface area contributed by atoms with Crippen LogP contribution in [-0.4, -0.2) is 0 Å². The molecule has 0 N–H and O–H groups in total. The molecule has 0 amide bonds. The lowest BCUT2D eigenvalue weighted by Gasteiger charge is -2.19. The first kappa shape index (κ1) is 30.3. The van der Waals surface area contributed by atoms with Gasteiger partial charge in [0.15, 0.2) is 0 Å². The third-order valence-corrected chi connectivity index (χ3v) is 11.8. The zero-order chi connectivity index (χ0) is 36.0. The average Bonchev–Trinajstić information content (AvgIpc) is 3.61. The standard InChI is InChI=1S/C54H32O/c1-2-14-37-32-49-47(31-36(37)13-1)54-46(22-11-23-48(54)55-49)53-44-20-9-7-18-42(44)50(43-19-8-10-21-45(43)53)34-25-27-35(28-26-34)51-41-17-6-4-15-38(41)30-39-29-24-33-12-3-5-16-40(33)52(39)51/h1-32H. The maximum absolute atomic E-state index is 6.56. The van der Waals surface area contributed by atoms with Crippen LogP contribution in [0.4, 0.5) is 0 Å². The summed E-state index contributed by atoms with van der Waals surface area (Å²) < 4.78 is 6.56. The molecular formula is C54H32O. The SMILES string of the molecule is c1ccc2cc3c(cc2c1)oc1cccc(-c2c4ccccc4c(-c4ccc(-c5c6ccccc6cc6ccc7ccccc7c56)cc4)c4ccccc24)c13. The van der Waals surface area contributed by atoms with Crippen molar-refractivity contribution in [3.05, 3.63) is 194 Å². The third-order valence-electron chi connectivity index (χ3n) is 11.8. The molecule has 1 heteroatoms. The van der Waals surface area contributed by atoms with E-state index in [4.69, 9.17) is 4.42 Å². The van der Waals surface area contributed by atoms with E-state index in [1.807, 2.05) is 0 Å². The van der Waals surface area contributed by atoms with Gasteiger partial charge in [-0.15, -0.1) is 0 Å². The summed E-state index contributed by atoms with van der Waals surface area (Å²) in [5.41, 5.74) is 9.22. The molecule has 12 aromatic rings. The topological polar surface area (TPSA) is 13.1 Å². The molecular weight excluding hydrogens is 665 g/mol. The van der Waals surface area contributed by atoms with E-state index in [0.29, 0.717) is 0 Å². The summed E-state index contributed by atoms with van der Waals surface area (Å²) in [6, 6.07) is 71.1. The third kappa shape index (κ3) is 4.48. The van der Waals surface area contributed by atoms with Crippen LogP contribution in [0.25, 0.3) is 120 Å². The van der Waals surface area contributed by atoms with Gasteiger partial charge in [0.2, 0.25) is 0 Å². The first-order valence-corrected chi connectivity index (χ1v) is 19.0. The molecule has 0 radical (unpaired) electrons. The highest BCUT2D eigenvalue weighted by Gasteiger charge is 2.21. The minimum absolute atomic E-state index is 0.907. The zero-order valence-electron chi connectivity index (χ0n) is 29.9. The second-order valence-corrected chi connectivity index (χ2v) is 14.8. The van der Waals surface area contributed by atoms with E-state index < -0.39 is 0 Å². The molecule has 0 saturated heterocycles. The van der Waals surface area contributed by atoms with E-state index in [1.54, 1.807) is 0 Å². The van der Waals surface area contributed by atoms with Crippen molar-refractivity contribution in [2.45, 2.75) is 0 Å². The normalized spacial score (nSPS) is 12.0. The maximum atomic E-state index is 6.56. The van der Waals surface area contributed by atoms with Crippen LogP contribution in [0, 0.1) is 0 Å². The van der Waals surface area contributed by atoms with Gasteiger partial charge >= 0.3 is 0 Å². The Kier molecular flexibility index (Phi) is 6.40. The summed E-state index contributed by atoms with van der Waals surface area (Å²) in [6.07, 6.45) is 0. The Morgan fingerprint density at radius 2 is 0.782 bits per heavy atom. The zero-order valence-corrected chi connectivity index (χ0v) is 29.9. The second-order valence-electron chi connectivity index (χ2n) is 14.8. The van der Waals surface area contributed by atoms with Crippen LogP contribution >= 0.6 is 0 Å². The maximum Gasteiger partial charge on any atom is 0.136 e. The smallest absolute Gasteiger partial charge is 0.136 e. The van der Waals surface area contributed by atoms with E-state index in [1.165, 1.54) is 98.0 Å². The Bertz CT molecular complexity index is 3470. The fourth-order valence-corrected chi connectivity index (χ4v) is 9.39. The molecule has 11 aromatic carbocycles. The summed E-state index contributed by atoms with van der Waals surface area (Å²) >= 11 is 0. The van der Waals surface area contributed by atoms with Crippen LogP contribution in [0.3, 0.4) is 0 Å².